The van der Waals surface area contributed by atoms with Crippen LogP contribution in [0.4, 0.5) is 0 Å². The fourth-order valence-corrected chi connectivity index (χ4v) is 3.69. The number of benzene rings is 2. The predicted octanol–water partition coefficient (Wildman–Crippen LogP) is 4.43. The number of nitrogens with zero attached hydrogens (tertiary/aromatic N) is 2. The van der Waals surface area contributed by atoms with Crippen molar-refractivity contribution in [3.63, 3.8) is 0 Å². The first-order valence-corrected chi connectivity index (χ1v) is 8.73. The second-order valence-corrected chi connectivity index (χ2v) is 6.69. The molecule has 4 aromatic rings. The summed E-state index contributed by atoms with van der Waals surface area (Å²) in [4.78, 5) is 4.49. The van der Waals surface area contributed by atoms with Gasteiger partial charge in [0.05, 0.1) is 0 Å². The van der Waals surface area contributed by atoms with Crippen LogP contribution in [-0.2, 0) is 39.8 Å². The van der Waals surface area contributed by atoms with Crippen LogP contribution >= 0.6 is 0 Å². The van der Waals surface area contributed by atoms with Gasteiger partial charge in [0, 0.05) is 44.3 Å². The molecule has 5 rings (SSSR count). The monoisotopic (exact) mass is 422 g/mol. The molecule has 0 aliphatic heterocycles. The van der Waals surface area contributed by atoms with E-state index in [0.717, 1.165) is 33.5 Å². The second kappa shape index (κ2) is 7.11. The van der Waals surface area contributed by atoms with Gasteiger partial charge in [-0.25, -0.2) is 4.57 Å². The van der Waals surface area contributed by atoms with Gasteiger partial charge in [-0.15, -0.1) is 34.9 Å². The topological polar surface area (TPSA) is 16.8 Å². The van der Waals surface area contributed by atoms with Crippen molar-refractivity contribution in [1.29, 1.82) is 0 Å². The van der Waals surface area contributed by atoms with E-state index in [1.165, 1.54) is 16.5 Å². The zero-order valence-corrected chi connectivity index (χ0v) is 18.2. The standard InChI is InChI=1S/C24H17N2.Y/c1-16-9-10-17(14-20(16)23-8-3-4-13-26(23)2)21-15-18-11-12-25-22-7-5-6-19(21)24(18)22;/h3-13H,1-2H3;/q-1;. The van der Waals surface area contributed by atoms with Crippen molar-refractivity contribution in [1.82, 2.24) is 4.98 Å². The molecule has 1 aliphatic rings. The van der Waals surface area contributed by atoms with Crippen LogP contribution in [0.15, 0.2) is 67.0 Å². The Labute approximate surface area is 184 Å². The largest absolute Gasteiger partial charge is 0.273 e. The third-order valence-corrected chi connectivity index (χ3v) is 5.03. The molecule has 1 aliphatic carbocycles. The van der Waals surface area contributed by atoms with Gasteiger partial charge in [0.15, 0.2) is 6.20 Å². The van der Waals surface area contributed by atoms with E-state index in [9.17, 15) is 0 Å². The molecule has 0 N–H and O–H groups in total. The number of hydrogen-bond acceptors (Lipinski definition) is 1. The first kappa shape index (κ1) is 18.2. The molecule has 0 saturated heterocycles. The second-order valence-electron chi connectivity index (χ2n) is 6.69. The van der Waals surface area contributed by atoms with Crippen molar-refractivity contribution in [2.24, 2.45) is 7.05 Å². The van der Waals surface area contributed by atoms with Crippen LogP contribution in [0.5, 0.6) is 0 Å². The molecular weight excluding hydrogens is 405 g/mol. The molecule has 0 atom stereocenters. The van der Waals surface area contributed by atoms with E-state index < -0.39 is 0 Å². The summed E-state index contributed by atoms with van der Waals surface area (Å²) in [6.07, 6.45) is 7.50. The van der Waals surface area contributed by atoms with Crippen molar-refractivity contribution in [3.8, 4) is 11.3 Å². The molecule has 3 heteroatoms. The van der Waals surface area contributed by atoms with Gasteiger partial charge in [-0.1, -0.05) is 30.0 Å². The number of pyridine rings is 2. The van der Waals surface area contributed by atoms with Gasteiger partial charge in [0.25, 0.3) is 0 Å². The van der Waals surface area contributed by atoms with Gasteiger partial charge in [0.2, 0.25) is 0 Å². The fraction of sp³-hybridized carbons (Fsp3) is 0.0833. The van der Waals surface area contributed by atoms with Crippen LogP contribution in [0, 0.1) is 19.1 Å². The van der Waals surface area contributed by atoms with Crippen molar-refractivity contribution in [2.45, 2.75) is 6.92 Å². The average Bonchev–Trinajstić information content (AvgIpc) is 3.04. The molecule has 0 spiro atoms. The van der Waals surface area contributed by atoms with E-state index in [4.69, 9.17) is 0 Å². The van der Waals surface area contributed by atoms with E-state index in [0.29, 0.717) is 0 Å². The summed E-state index contributed by atoms with van der Waals surface area (Å²) in [6.45, 7) is 2.13. The minimum atomic E-state index is 0. The third-order valence-electron chi connectivity index (χ3n) is 5.03. The average molecular weight is 422 g/mol. The quantitative estimate of drug-likeness (QED) is 0.304. The SMILES string of the molecule is Cc1ccc(C2=[C-]c3ccnc4cccc2c34)[c-]c1-c1cccc[n+]1C.[Y]. The van der Waals surface area contributed by atoms with Crippen LogP contribution in [0.3, 0.4) is 0 Å². The summed E-state index contributed by atoms with van der Waals surface area (Å²) in [5.41, 5.74) is 8.98. The van der Waals surface area contributed by atoms with Crippen LogP contribution in [0.25, 0.3) is 27.7 Å². The Hall–Kier alpha value is -2.16. The van der Waals surface area contributed by atoms with E-state index in [1.54, 1.807) is 0 Å². The number of hydrogen-bond donors (Lipinski definition) is 0. The Morgan fingerprint density at radius 3 is 2.70 bits per heavy atom. The number of aryl methyl sites for hydroxylation is 2. The third kappa shape index (κ3) is 2.97. The Bertz CT molecular complexity index is 1200. The molecule has 2 aromatic carbocycles. The Morgan fingerprint density at radius 2 is 1.85 bits per heavy atom. The van der Waals surface area contributed by atoms with Gasteiger partial charge in [-0.05, 0) is 18.3 Å². The fourth-order valence-electron chi connectivity index (χ4n) is 3.69. The Morgan fingerprint density at radius 1 is 0.963 bits per heavy atom. The van der Waals surface area contributed by atoms with E-state index in [1.807, 2.05) is 18.3 Å². The van der Waals surface area contributed by atoms with Gasteiger partial charge < -0.3 is 0 Å². The van der Waals surface area contributed by atoms with Crippen molar-refractivity contribution < 1.29 is 37.3 Å². The van der Waals surface area contributed by atoms with Crippen molar-refractivity contribution in [2.75, 3.05) is 0 Å². The zero-order valence-electron chi connectivity index (χ0n) is 15.3. The zero-order chi connectivity index (χ0) is 17.7. The smallest absolute Gasteiger partial charge is 0.161 e. The summed E-state index contributed by atoms with van der Waals surface area (Å²) in [5.74, 6) is 0. The van der Waals surface area contributed by atoms with Crippen LogP contribution in [-0.4, -0.2) is 4.98 Å². The molecule has 2 nitrogen and oxygen atoms in total. The maximum absolute atomic E-state index is 4.49. The maximum Gasteiger partial charge on any atom is 0.161 e. The summed E-state index contributed by atoms with van der Waals surface area (Å²) in [7, 11) is 2.07. The van der Waals surface area contributed by atoms with Crippen molar-refractivity contribution in [3.05, 3.63) is 101 Å². The van der Waals surface area contributed by atoms with Gasteiger partial charge in [-0.2, -0.15) is 29.3 Å². The van der Waals surface area contributed by atoms with Crippen molar-refractivity contribution >= 4 is 16.5 Å². The minimum Gasteiger partial charge on any atom is -0.273 e. The molecule has 0 amide bonds. The molecule has 0 bridgehead atoms. The normalized spacial score (nSPS) is 12.0. The van der Waals surface area contributed by atoms with Gasteiger partial charge in [0.1, 0.15) is 12.7 Å². The molecule has 27 heavy (non-hydrogen) atoms. The molecule has 1 radical (unpaired) electrons. The van der Waals surface area contributed by atoms with Crippen LogP contribution < -0.4 is 4.57 Å². The van der Waals surface area contributed by atoms with Gasteiger partial charge in [-0.3, -0.25) is 4.98 Å². The van der Waals surface area contributed by atoms with E-state index in [2.05, 4.69) is 84.3 Å². The predicted molar refractivity (Wildman–Crippen MR) is 103 cm³/mol. The van der Waals surface area contributed by atoms with Gasteiger partial charge >= 0.3 is 0 Å². The summed E-state index contributed by atoms with van der Waals surface area (Å²) in [6, 6.07) is 22.5. The first-order chi connectivity index (χ1) is 12.7. The summed E-state index contributed by atoms with van der Waals surface area (Å²) >= 11 is 0. The van der Waals surface area contributed by atoms with Crippen LogP contribution in [0.1, 0.15) is 22.3 Å². The molecule has 127 valence electrons. The molecule has 2 aromatic heterocycles. The van der Waals surface area contributed by atoms with E-state index >= 15 is 0 Å². The molecule has 2 heterocycles. The Kier molecular flexibility index (Phi) is 4.80. The summed E-state index contributed by atoms with van der Waals surface area (Å²) in [5, 5.41) is 1.19. The molecule has 0 fully saturated rings. The first-order valence-electron chi connectivity index (χ1n) is 8.73. The molecule has 0 unspecified atom stereocenters. The number of aromatic nitrogens is 2. The minimum absolute atomic E-state index is 0. The van der Waals surface area contributed by atoms with E-state index in [-0.39, 0.29) is 32.7 Å². The summed E-state index contributed by atoms with van der Waals surface area (Å²) < 4.78 is 2.13. The number of rotatable bonds is 2. The molecular formula is C24H17N2Y-. The maximum atomic E-state index is 4.49. The van der Waals surface area contributed by atoms with Crippen LogP contribution in [0.2, 0.25) is 0 Å². The molecule has 0 saturated carbocycles. The Balaban J connectivity index is 0.00000180.